The van der Waals surface area contributed by atoms with Crippen LogP contribution >= 0.6 is 11.6 Å². The molecule has 2 aromatic heterocycles. The van der Waals surface area contributed by atoms with E-state index in [4.69, 9.17) is 11.6 Å². The summed E-state index contributed by atoms with van der Waals surface area (Å²) >= 11 is 5.82. The first-order chi connectivity index (χ1) is 6.77. The number of aromatic nitrogens is 4. The van der Waals surface area contributed by atoms with Crippen LogP contribution in [0.3, 0.4) is 0 Å². The van der Waals surface area contributed by atoms with E-state index in [0.29, 0.717) is 5.52 Å². The maximum atomic E-state index is 11.2. The number of hydrogen-bond acceptors (Lipinski definition) is 6. The molecule has 0 radical (unpaired) electrons. The summed E-state index contributed by atoms with van der Waals surface area (Å²) in [5, 5.41) is 22.0. The molecule has 0 aliphatic heterocycles. The number of nitrogens with zero attached hydrogens (tertiary/aromatic N) is 4. The Morgan fingerprint density at radius 1 is 1.29 bits per heavy atom. The predicted molar refractivity (Wildman–Crippen MR) is 43.3 cm³/mol. The van der Waals surface area contributed by atoms with Crippen LogP contribution in [-0.4, -0.2) is 15.5 Å². The van der Waals surface area contributed by atoms with Gasteiger partial charge in [0.15, 0.2) is 5.52 Å². The minimum Gasteiger partial charge on any atom is -0.359 e. The Hall–Kier alpha value is -1.89. The first kappa shape index (κ1) is 7.51. The Bertz CT molecular complexity index is 630. The highest BCUT2D eigenvalue weighted by Gasteiger charge is 2.21. The summed E-state index contributed by atoms with van der Waals surface area (Å²) in [4.78, 5) is 0.216. The van der Waals surface area contributed by atoms with Gasteiger partial charge in [-0.25, -0.2) is 4.63 Å². The maximum Gasteiger partial charge on any atom is 0.269 e. The molecule has 14 heavy (non-hydrogen) atoms. The van der Waals surface area contributed by atoms with Crippen LogP contribution in [0.15, 0.2) is 15.3 Å². The van der Waals surface area contributed by atoms with Crippen molar-refractivity contribution >= 4 is 33.7 Å². The zero-order valence-electron chi connectivity index (χ0n) is 6.47. The first-order valence-electron chi connectivity index (χ1n) is 3.57. The molecule has 0 atom stereocenters. The number of rotatable bonds is 0. The maximum absolute atomic E-state index is 11.2. The highest BCUT2D eigenvalue weighted by atomic mass is 35.5. The average molecular weight is 213 g/mol. The summed E-state index contributed by atoms with van der Waals surface area (Å²) in [7, 11) is 0. The smallest absolute Gasteiger partial charge is 0.269 e. The zero-order chi connectivity index (χ0) is 9.71. The molecular weight excluding hydrogens is 212 g/mol. The van der Waals surface area contributed by atoms with E-state index in [1.807, 2.05) is 0 Å². The molecule has 0 unspecified atom stereocenters. The fourth-order valence-electron chi connectivity index (χ4n) is 1.25. The van der Waals surface area contributed by atoms with Crippen molar-refractivity contribution in [3.8, 4) is 0 Å². The molecule has 8 heteroatoms. The molecule has 0 saturated carbocycles. The van der Waals surface area contributed by atoms with Crippen molar-refractivity contribution < 1.29 is 14.2 Å². The van der Waals surface area contributed by atoms with Gasteiger partial charge in [0.05, 0.1) is 0 Å². The third kappa shape index (κ3) is 0.765. The van der Waals surface area contributed by atoms with E-state index in [9.17, 15) is 5.21 Å². The second-order valence-corrected chi connectivity index (χ2v) is 3.02. The van der Waals surface area contributed by atoms with E-state index in [2.05, 4.69) is 24.7 Å². The molecule has 3 rings (SSSR count). The van der Waals surface area contributed by atoms with Crippen molar-refractivity contribution in [3.63, 3.8) is 0 Å². The topological polar surface area (TPSA) is 91.9 Å². The number of benzene rings is 1. The van der Waals surface area contributed by atoms with Crippen molar-refractivity contribution in [1.82, 2.24) is 15.5 Å². The lowest BCUT2D eigenvalue weighted by Crippen LogP contribution is -2.22. The summed E-state index contributed by atoms with van der Waals surface area (Å²) in [5.41, 5.74) is 1.02. The van der Waals surface area contributed by atoms with Crippen LogP contribution < -0.4 is 4.90 Å². The van der Waals surface area contributed by atoms with E-state index in [1.54, 1.807) is 0 Å². The van der Waals surface area contributed by atoms with E-state index >= 15 is 0 Å². The average Bonchev–Trinajstić information content (AvgIpc) is 2.71. The van der Waals surface area contributed by atoms with E-state index < -0.39 is 0 Å². The minimum atomic E-state index is 0.119. The summed E-state index contributed by atoms with van der Waals surface area (Å²) in [6, 6.07) is 1.50. The highest BCUT2D eigenvalue weighted by Crippen LogP contribution is 2.25. The van der Waals surface area contributed by atoms with Crippen LogP contribution in [0, 0.1) is 5.21 Å². The Kier molecular flexibility index (Phi) is 1.25. The van der Waals surface area contributed by atoms with Gasteiger partial charge in [0.2, 0.25) is 0 Å². The largest absolute Gasteiger partial charge is 0.359 e. The third-order valence-corrected chi connectivity index (χ3v) is 2.13. The minimum absolute atomic E-state index is 0.119. The SMILES string of the molecule is [O-][n+]1onc2c(Cl)cc3nonc3c21. The van der Waals surface area contributed by atoms with Gasteiger partial charge < -0.3 is 5.21 Å². The second kappa shape index (κ2) is 2.32. The number of fused-ring (bicyclic) bond motifs is 3. The normalized spacial score (nSPS) is 11.5. The fourth-order valence-corrected chi connectivity index (χ4v) is 1.47. The van der Waals surface area contributed by atoms with Crippen LogP contribution in [0.2, 0.25) is 5.02 Å². The molecule has 2 heterocycles. The van der Waals surface area contributed by atoms with Crippen LogP contribution in [0.25, 0.3) is 22.1 Å². The zero-order valence-corrected chi connectivity index (χ0v) is 7.22. The molecule has 0 spiro atoms. The van der Waals surface area contributed by atoms with Gasteiger partial charge in [0, 0.05) is 5.16 Å². The molecule has 0 amide bonds. The standard InChI is InChI=1S/C6HClN4O3/c7-2-1-3-5(9-13-8-3)6-4(2)10-14-11(6)12/h1H. The van der Waals surface area contributed by atoms with Gasteiger partial charge in [-0.1, -0.05) is 11.6 Å². The van der Waals surface area contributed by atoms with E-state index in [0.717, 1.165) is 0 Å². The van der Waals surface area contributed by atoms with E-state index in [-0.39, 0.29) is 26.5 Å². The molecule has 7 nitrogen and oxygen atoms in total. The summed E-state index contributed by atoms with van der Waals surface area (Å²) < 4.78 is 8.86. The lowest BCUT2D eigenvalue weighted by molar-refractivity contribution is -0.781. The van der Waals surface area contributed by atoms with Crippen molar-refractivity contribution in [2.24, 2.45) is 0 Å². The van der Waals surface area contributed by atoms with Crippen molar-refractivity contribution in [2.75, 3.05) is 0 Å². The number of hydrogen-bond donors (Lipinski definition) is 0. The Balaban J connectivity index is 2.70. The van der Waals surface area contributed by atoms with Crippen LogP contribution in [0.1, 0.15) is 0 Å². The summed E-state index contributed by atoms with van der Waals surface area (Å²) in [6.45, 7) is 0. The Morgan fingerprint density at radius 3 is 3.00 bits per heavy atom. The highest BCUT2D eigenvalue weighted by molar-refractivity contribution is 6.36. The molecule has 0 saturated heterocycles. The fraction of sp³-hybridized carbons (Fsp3) is 0. The van der Waals surface area contributed by atoms with Gasteiger partial charge in [-0.2, -0.15) is 0 Å². The lowest BCUT2D eigenvalue weighted by atomic mass is 10.2. The summed E-state index contributed by atoms with van der Waals surface area (Å²) in [6.07, 6.45) is 0. The molecule has 0 fully saturated rings. The first-order valence-corrected chi connectivity index (χ1v) is 3.95. The monoisotopic (exact) mass is 212 g/mol. The van der Waals surface area contributed by atoms with E-state index in [1.165, 1.54) is 6.07 Å². The van der Waals surface area contributed by atoms with Gasteiger partial charge in [-0.05, 0) is 21.3 Å². The molecule has 70 valence electrons. The predicted octanol–water partition coefficient (Wildman–Crippen LogP) is 0.651. The van der Waals surface area contributed by atoms with Crippen LogP contribution in [0.4, 0.5) is 0 Å². The van der Waals surface area contributed by atoms with Gasteiger partial charge in [0.1, 0.15) is 10.5 Å². The van der Waals surface area contributed by atoms with Gasteiger partial charge in [-0.3, -0.25) is 4.63 Å². The lowest BCUT2D eigenvalue weighted by Gasteiger charge is -1.87. The van der Waals surface area contributed by atoms with Crippen molar-refractivity contribution in [3.05, 3.63) is 16.3 Å². The van der Waals surface area contributed by atoms with Crippen LogP contribution in [0.5, 0.6) is 0 Å². The molecule has 0 aliphatic rings. The van der Waals surface area contributed by atoms with Gasteiger partial charge >= 0.3 is 0 Å². The second-order valence-electron chi connectivity index (χ2n) is 2.62. The molecule has 3 aromatic rings. The Labute approximate surface area is 80.3 Å². The summed E-state index contributed by atoms with van der Waals surface area (Å²) in [5.74, 6) is 0. The molecule has 0 bridgehead atoms. The van der Waals surface area contributed by atoms with Crippen molar-refractivity contribution in [1.29, 1.82) is 0 Å². The molecule has 0 N–H and O–H groups in total. The molecule has 0 aliphatic carbocycles. The molecule has 1 aromatic carbocycles. The van der Waals surface area contributed by atoms with Crippen molar-refractivity contribution in [2.45, 2.75) is 0 Å². The van der Waals surface area contributed by atoms with Crippen LogP contribution in [-0.2, 0) is 0 Å². The molecular formula is C6HClN4O3. The van der Waals surface area contributed by atoms with Gasteiger partial charge in [0.25, 0.3) is 11.0 Å². The number of halogens is 1. The van der Waals surface area contributed by atoms with Gasteiger partial charge in [-0.15, -0.1) is 0 Å². The Morgan fingerprint density at radius 2 is 2.14 bits per heavy atom. The quantitative estimate of drug-likeness (QED) is 0.508. The third-order valence-electron chi connectivity index (χ3n) is 1.84.